The molecule has 0 radical (unpaired) electrons. The Morgan fingerprint density at radius 3 is 2.14 bits per heavy atom. The van der Waals surface area contributed by atoms with Crippen molar-refractivity contribution in [2.24, 2.45) is 5.92 Å². The van der Waals surface area contributed by atoms with Crippen molar-refractivity contribution in [3.63, 3.8) is 0 Å². The topological polar surface area (TPSA) is 3.24 Å². The van der Waals surface area contributed by atoms with Gasteiger partial charge < -0.3 is 0 Å². The lowest BCUT2D eigenvalue weighted by molar-refractivity contribution is 0.139. The molecule has 14 heavy (non-hydrogen) atoms. The molecule has 0 amide bonds. The Labute approximate surface area is 88.9 Å². The summed E-state index contributed by atoms with van der Waals surface area (Å²) >= 11 is 0. The van der Waals surface area contributed by atoms with Crippen LogP contribution in [0.5, 0.6) is 0 Å². The second-order valence-corrected chi connectivity index (χ2v) is 5.03. The van der Waals surface area contributed by atoms with E-state index in [1.54, 1.807) is 0 Å². The fraction of sp³-hybridized carbons (Fsp3) is 0.846. The molecular formula is C13H23N. The number of rotatable bonds is 1. The average molecular weight is 193 g/mol. The Balaban J connectivity index is 2.59. The van der Waals surface area contributed by atoms with Gasteiger partial charge in [-0.2, -0.15) is 0 Å². The summed E-state index contributed by atoms with van der Waals surface area (Å²) in [6.07, 6.45) is 4.07. The van der Waals surface area contributed by atoms with E-state index >= 15 is 0 Å². The third-order valence-corrected chi connectivity index (χ3v) is 2.81. The minimum Gasteiger partial charge on any atom is -0.288 e. The Morgan fingerprint density at radius 1 is 1.07 bits per heavy atom. The molecular weight excluding hydrogens is 170 g/mol. The summed E-state index contributed by atoms with van der Waals surface area (Å²) in [6.45, 7) is 11.2. The van der Waals surface area contributed by atoms with E-state index < -0.39 is 0 Å². The van der Waals surface area contributed by atoms with Crippen LogP contribution in [0.15, 0.2) is 0 Å². The number of likely N-dealkylation sites (tertiary alicyclic amines) is 1. The molecule has 0 aliphatic carbocycles. The molecule has 0 atom stereocenters. The zero-order chi connectivity index (χ0) is 10.6. The van der Waals surface area contributed by atoms with Gasteiger partial charge >= 0.3 is 0 Å². The van der Waals surface area contributed by atoms with Crippen molar-refractivity contribution >= 4 is 0 Å². The van der Waals surface area contributed by atoms with Crippen LogP contribution in [0, 0.1) is 17.8 Å². The predicted molar refractivity (Wildman–Crippen MR) is 62.1 cm³/mol. The van der Waals surface area contributed by atoms with Crippen LogP contribution in [0.3, 0.4) is 0 Å². The van der Waals surface area contributed by atoms with E-state index in [0.717, 1.165) is 0 Å². The maximum atomic E-state index is 3.40. The largest absolute Gasteiger partial charge is 0.288 e. The summed E-state index contributed by atoms with van der Waals surface area (Å²) in [6, 6.07) is 0. The zero-order valence-electron chi connectivity index (χ0n) is 10.1. The van der Waals surface area contributed by atoms with Crippen LogP contribution in [0.2, 0.25) is 0 Å². The lowest BCUT2D eigenvalue weighted by Crippen LogP contribution is -2.45. The van der Waals surface area contributed by atoms with E-state index in [-0.39, 0.29) is 5.54 Å². The molecule has 1 heterocycles. The molecule has 0 aromatic rings. The third-order valence-electron chi connectivity index (χ3n) is 2.81. The first-order valence-corrected chi connectivity index (χ1v) is 5.80. The van der Waals surface area contributed by atoms with Crippen molar-refractivity contribution < 1.29 is 0 Å². The zero-order valence-corrected chi connectivity index (χ0v) is 10.1. The second kappa shape index (κ2) is 4.84. The van der Waals surface area contributed by atoms with Crippen LogP contribution in [-0.2, 0) is 0 Å². The summed E-state index contributed by atoms with van der Waals surface area (Å²) in [5.74, 6) is 7.18. The highest BCUT2D eigenvalue weighted by Gasteiger charge is 2.25. The fourth-order valence-corrected chi connectivity index (χ4v) is 1.85. The predicted octanol–water partition coefficient (Wildman–Crippen LogP) is 2.91. The van der Waals surface area contributed by atoms with Crippen molar-refractivity contribution in [3.8, 4) is 11.8 Å². The van der Waals surface area contributed by atoms with Gasteiger partial charge in [-0.1, -0.05) is 32.1 Å². The highest BCUT2D eigenvalue weighted by molar-refractivity contribution is 5.16. The van der Waals surface area contributed by atoms with Gasteiger partial charge in [0.05, 0.1) is 5.54 Å². The molecule has 0 saturated carbocycles. The fourth-order valence-electron chi connectivity index (χ4n) is 1.85. The summed E-state index contributed by atoms with van der Waals surface area (Å²) in [5.41, 5.74) is 0.0741. The quantitative estimate of drug-likeness (QED) is 0.579. The van der Waals surface area contributed by atoms with Crippen molar-refractivity contribution in [1.29, 1.82) is 0 Å². The van der Waals surface area contributed by atoms with Crippen molar-refractivity contribution in [2.45, 2.75) is 52.5 Å². The number of nitrogens with zero attached hydrogens (tertiary/aromatic N) is 1. The van der Waals surface area contributed by atoms with E-state index in [0.29, 0.717) is 5.92 Å². The molecule has 1 aliphatic rings. The number of piperidine rings is 1. The monoisotopic (exact) mass is 193 g/mol. The van der Waals surface area contributed by atoms with E-state index in [1.165, 1.54) is 32.4 Å². The lowest BCUT2D eigenvalue weighted by Gasteiger charge is -2.37. The summed E-state index contributed by atoms with van der Waals surface area (Å²) in [5, 5.41) is 0. The normalized spacial score (nSPS) is 19.2. The Kier molecular flexibility index (Phi) is 4.01. The number of hydrogen-bond donors (Lipinski definition) is 0. The van der Waals surface area contributed by atoms with Crippen LogP contribution in [0.4, 0.5) is 0 Å². The highest BCUT2D eigenvalue weighted by atomic mass is 15.2. The van der Waals surface area contributed by atoms with Crippen LogP contribution in [0.25, 0.3) is 0 Å². The SMILES string of the molecule is CC(C)C#CC(C)(C)N1CCCCC1. The van der Waals surface area contributed by atoms with E-state index in [1.807, 2.05) is 0 Å². The van der Waals surface area contributed by atoms with Crippen molar-refractivity contribution in [1.82, 2.24) is 4.90 Å². The first-order chi connectivity index (χ1) is 6.52. The van der Waals surface area contributed by atoms with Crippen LogP contribution in [-0.4, -0.2) is 23.5 Å². The molecule has 1 fully saturated rings. The van der Waals surface area contributed by atoms with Gasteiger partial charge in [-0.05, 0) is 39.8 Å². The number of hydrogen-bond acceptors (Lipinski definition) is 1. The molecule has 1 nitrogen and oxygen atoms in total. The Hall–Kier alpha value is -0.480. The van der Waals surface area contributed by atoms with Gasteiger partial charge in [-0.25, -0.2) is 0 Å². The minimum absolute atomic E-state index is 0.0741. The molecule has 0 N–H and O–H groups in total. The van der Waals surface area contributed by atoms with Gasteiger partial charge in [-0.15, -0.1) is 0 Å². The minimum atomic E-state index is 0.0741. The summed E-state index contributed by atoms with van der Waals surface area (Å²) < 4.78 is 0. The first-order valence-electron chi connectivity index (χ1n) is 5.80. The van der Waals surface area contributed by atoms with Crippen LogP contribution in [0.1, 0.15) is 47.0 Å². The molecule has 0 spiro atoms. The molecule has 1 saturated heterocycles. The van der Waals surface area contributed by atoms with Gasteiger partial charge in [-0.3, -0.25) is 4.90 Å². The molecule has 0 aromatic heterocycles. The van der Waals surface area contributed by atoms with Gasteiger partial charge in [0.2, 0.25) is 0 Å². The highest BCUT2D eigenvalue weighted by Crippen LogP contribution is 2.19. The van der Waals surface area contributed by atoms with Crippen LogP contribution >= 0.6 is 0 Å². The first kappa shape index (κ1) is 11.6. The lowest BCUT2D eigenvalue weighted by atomic mass is 9.98. The van der Waals surface area contributed by atoms with Gasteiger partial charge in [0.1, 0.15) is 0 Å². The molecule has 0 bridgehead atoms. The molecule has 0 unspecified atom stereocenters. The molecule has 0 aromatic carbocycles. The van der Waals surface area contributed by atoms with Crippen LogP contribution < -0.4 is 0 Å². The molecule has 1 heteroatoms. The Morgan fingerprint density at radius 2 is 1.64 bits per heavy atom. The summed E-state index contributed by atoms with van der Waals surface area (Å²) in [7, 11) is 0. The maximum Gasteiger partial charge on any atom is 0.0768 e. The second-order valence-electron chi connectivity index (χ2n) is 5.03. The van der Waals surface area contributed by atoms with E-state index in [9.17, 15) is 0 Å². The van der Waals surface area contributed by atoms with Gasteiger partial charge in [0.25, 0.3) is 0 Å². The standard InChI is InChI=1S/C13H23N/c1-12(2)8-9-13(3,4)14-10-6-5-7-11-14/h12H,5-7,10-11H2,1-4H3. The summed E-state index contributed by atoms with van der Waals surface area (Å²) in [4.78, 5) is 2.52. The smallest absolute Gasteiger partial charge is 0.0768 e. The molecule has 1 aliphatic heterocycles. The Bertz CT molecular complexity index is 223. The van der Waals surface area contributed by atoms with Gasteiger partial charge in [0.15, 0.2) is 0 Å². The van der Waals surface area contributed by atoms with Crippen molar-refractivity contribution in [3.05, 3.63) is 0 Å². The molecule has 1 rings (SSSR count). The van der Waals surface area contributed by atoms with E-state index in [4.69, 9.17) is 0 Å². The average Bonchev–Trinajstić information content (AvgIpc) is 2.16. The maximum absolute atomic E-state index is 3.40. The van der Waals surface area contributed by atoms with E-state index in [2.05, 4.69) is 44.4 Å². The van der Waals surface area contributed by atoms with Crippen molar-refractivity contribution in [2.75, 3.05) is 13.1 Å². The van der Waals surface area contributed by atoms with Gasteiger partial charge in [0, 0.05) is 5.92 Å². The third kappa shape index (κ3) is 3.35. The molecule has 80 valence electrons.